The summed E-state index contributed by atoms with van der Waals surface area (Å²) in [6.07, 6.45) is 3.50. The summed E-state index contributed by atoms with van der Waals surface area (Å²) in [7, 11) is -3.33. The lowest BCUT2D eigenvalue weighted by Crippen LogP contribution is -2.49. The van der Waals surface area contributed by atoms with E-state index in [0.29, 0.717) is 18.5 Å². The Morgan fingerprint density at radius 3 is 2.75 bits per heavy atom. The SMILES string of the molecule is CS(=O)(=O)NCC1CCCCN1C(=O)Cc1ccccc1[N+](=O)[O-]. The highest BCUT2D eigenvalue weighted by molar-refractivity contribution is 7.88. The molecule has 0 bridgehead atoms. The number of carbonyl (C=O) groups excluding carboxylic acids is 1. The molecule has 1 fully saturated rings. The summed E-state index contributed by atoms with van der Waals surface area (Å²) in [5, 5.41) is 11.1. The van der Waals surface area contributed by atoms with Gasteiger partial charge in [-0.25, -0.2) is 13.1 Å². The van der Waals surface area contributed by atoms with Crippen LogP contribution in [0.3, 0.4) is 0 Å². The average Bonchev–Trinajstić information content (AvgIpc) is 2.52. The Hall–Kier alpha value is -2.00. The maximum atomic E-state index is 12.6. The van der Waals surface area contributed by atoms with Crippen LogP contribution in [0.4, 0.5) is 5.69 Å². The lowest BCUT2D eigenvalue weighted by Gasteiger charge is -2.35. The number of sulfonamides is 1. The fraction of sp³-hybridized carbons (Fsp3) is 0.533. The molecule has 1 aliphatic rings. The van der Waals surface area contributed by atoms with E-state index in [-0.39, 0.29) is 30.6 Å². The summed E-state index contributed by atoms with van der Waals surface area (Å²) >= 11 is 0. The Morgan fingerprint density at radius 2 is 2.08 bits per heavy atom. The molecule has 8 nitrogen and oxygen atoms in total. The van der Waals surface area contributed by atoms with E-state index in [0.717, 1.165) is 19.1 Å². The molecule has 1 atom stereocenters. The molecule has 24 heavy (non-hydrogen) atoms. The maximum absolute atomic E-state index is 12.6. The van der Waals surface area contributed by atoms with Crippen molar-refractivity contribution in [2.75, 3.05) is 19.3 Å². The Bertz CT molecular complexity index is 720. The number of piperidine rings is 1. The van der Waals surface area contributed by atoms with Gasteiger partial charge in [-0.2, -0.15) is 0 Å². The van der Waals surface area contributed by atoms with Crippen molar-refractivity contribution in [3.8, 4) is 0 Å². The molecule has 0 radical (unpaired) electrons. The Morgan fingerprint density at radius 1 is 1.38 bits per heavy atom. The van der Waals surface area contributed by atoms with Crippen molar-refractivity contribution < 1.29 is 18.1 Å². The number of hydrogen-bond acceptors (Lipinski definition) is 5. The molecule has 1 aliphatic heterocycles. The second kappa shape index (κ2) is 7.71. The van der Waals surface area contributed by atoms with Gasteiger partial charge in [0, 0.05) is 30.8 Å². The number of carbonyl (C=O) groups is 1. The number of likely N-dealkylation sites (tertiary alicyclic amines) is 1. The second-order valence-electron chi connectivity index (χ2n) is 5.92. The first-order valence-electron chi connectivity index (χ1n) is 7.74. The largest absolute Gasteiger partial charge is 0.338 e. The van der Waals surface area contributed by atoms with Gasteiger partial charge >= 0.3 is 0 Å². The van der Waals surface area contributed by atoms with Gasteiger partial charge in [0.1, 0.15) is 0 Å². The van der Waals surface area contributed by atoms with Crippen LogP contribution in [0.2, 0.25) is 0 Å². The van der Waals surface area contributed by atoms with Gasteiger partial charge in [-0.3, -0.25) is 14.9 Å². The highest BCUT2D eigenvalue weighted by Crippen LogP contribution is 2.22. The molecule has 0 aromatic heterocycles. The van der Waals surface area contributed by atoms with Crippen molar-refractivity contribution in [3.63, 3.8) is 0 Å². The van der Waals surface area contributed by atoms with Gasteiger partial charge in [-0.05, 0) is 19.3 Å². The predicted octanol–water partition coefficient (Wildman–Crippen LogP) is 1.07. The van der Waals surface area contributed by atoms with Crippen LogP contribution in [0.1, 0.15) is 24.8 Å². The molecule has 0 spiro atoms. The molecule has 2 rings (SSSR count). The molecule has 9 heteroatoms. The van der Waals surface area contributed by atoms with Crippen molar-refractivity contribution in [1.29, 1.82) is 0 Å². The van der Waals surface area contributed by atoms with E-state index in [2.05, 4.69) is 4.72 Å². The number of nitro groups is 1. The Kier molecular flexibility index (Phi) is 5.89. The van der Waals surface area contributed by atoms with E-state index in [4.69, 9.17) is 0 Å². The lowest BCUT2D eigenvalue weighted by molar-refractivity contribution is -0.385. The zero-order valence-electron chi connectivity index (χ0n) is 13.5. The fourth-order valence-corrected chi connectivity index (χ4v) is 3.39. The Labute approximate surface area is 141 Å². The molecular formula is C15H21N3O5S. The minimum atomic E-state index is -3.33. The molecule has 1 N–H and O–H groups in total. The minimum Gasteiger partial charge on any atom is -0.338 e. The van der Waals surface area contributed by atoms with E-state index in [1.165, 1.54) is 6.07 Å². The van der Waals surface area contributed by atoms with Gasteiger partial charge in [0.2, 0.25) is 15.9 Å². The summed E-state index contributed by atoms with van der Waals surface area (Å²) in [6.45, 7) is 0.705. The van der Waals surface area contributed by atoms with Crippen LogP contribution >= 0.6 is 0 Å². The highest BCUT2D eigenvalue weighted by Gasteiger charge is 2.28. The average molecular weight is 355 g/mol. The quantitative estimate of drug-likeness (QED) is 0.606. The van der Waals surface area contributed by atoms with E-state index in [1.54, 1.807) is 23.1 Å². The lowest BCUT2D eigenvalue weighted by atomic mass is 10.0. The van der Waals surface area contributed by atoms with Crippen molar-refractivity contribution in [2.24, 2.45) is 0 Å². The summed E-state index contributed by atoms with van der Waals surface area (Å²) in [5.41, 5.74) is 0.293. The number of hydrogen-bond donors (Lipinski definition) is 1. The zero-order chi connectivity index (χ0) is 17.7. The number of nitro benzene ring substituents is 1. The first-order valence-corrected chi connectivity index (χ1v) is 9.63. The maximum Gasteiger partial charge on any atom is 0.273 e. The first kappa shape index (κ1) is 18.3. The standard InChI is InChI=1S/C15H21N3O5S/c1-24(22,23)16-11-13-7-4-5-9-17(13)15(19)10-12-6-2-3-8-14(12)18(20)21/h2-3,6,8,13,16H,4-5,7,9-11H2,1H3. The molecule has 1 amide bonds. The molecular weight excluding hydrogens is 334 g/mol. The van der Waals surface area contributed by atoms with Crippen LogP contribution in [-0.2, 0) is 21.2 Å². The normalized spacial score (nSPS) is 18.4. The molecule has 132 valence electrons. The van der Waals surface area contributed by atoms with Gasteiger partial charge in [0.05, 0.1) is 17.6 Å². The highest BCUT2D eigenvalue weighted by atomic mass is 32.2. The third-order valence-corrected chi connectivity index (χ3v) is 4.75. The van der Waals surface area contributed by atoms with E-state index in [9.17, 15) is 23.3 Å². The van der Waals surface area contributed by atoms with Crippen LogP contribution in [0.15, 0.2) is 24.3 Å². The zero-order valence-corrected chi connectivity index (χ0v) is 14.3. The van der Waals surface area contributed by atoms with E-state index >= 15 is 0 Å². The van der Waals surface area contributed by atoms with Gasteiger partial charge in [-0.15, -0.1) is 0 Å². The van der Waals surface area contributed by atoms with Crippen molar-refractivity contribution >= 4 is 21.6 Å². The molecule has 1 unspecified atom stereocenters. The van der Waals surface area contributed by atoms with Crippen LogP contribution < -0.4 is 4.72 Å². The number of rotatable bonds is 6. The fourth-order valence-electron chi connectivity index (χ4n) is 2.89. The van der Waals surface area contributed by atoms with Gasteiger partial charge in [-0.1, -0.05) is 18.2 Å². The molecule has 1 heterocycles. The molecule has 1 aromatic rings. The van der Waals surface area contributed by atoms with Crippen LogP contribution in [0.5, 0.6) is 0 Å². The predicted molar refractivity (Wildman–Crippen MR) is 89.0 cm³/mol. The van der Waals surface area contributed by atoms with Crippen molar-refractivity contribution in [2.45, 2.75) is 31.7 Å². The van der Waals surface area contributed by atoms with E-state index < -0.39 is 14.9 Å². The summed E-state index contributed by atoms with van der Waals surface area (Å²) < 4.78 is 25.0. The van der Waals surface area contributed by atoms with Gasteiger partial charge in [0.15, 0.2) is 0 Å². The number of nitrogens with zero attached hydrogens (tertiary/aromatic N) is 2. The molecule has 1 saturated heterocycles. The van der Waals surface area contributed by atoms with Crippen LogP contribution in [-0.4, -0.2) is 49.5 Å². The topological polar surface area (TPSA) is 110 Å². The summed E-state index contributed by atoms with van der Waals surface area (Å²) in [6, 6.07) is 5.95. The van der Waals surface area contributed by atoms with Crippen molar-refractivity contribution in [3.05, 3.63) is 39.9 Å². The van der Waals surface area contributed by atoms with Gasteiger partial charge in [0.25, 0.3) is 5.69 Å². The third kappa shape index (κ3) is 5.00. The molecule has 1 aromatic carbocycles. The number of benzene rings is 1. The van der Waals surface area contributed by atoms with Crippen LogP contribution in [0.25, 0.3) is 0 Å². The Balaban J connectivity index is 2.10. The smallest absolute Gasteiger partial charge is 0.273 e. The summed E-state index contributed by atoms with van der Waals surface area (Å²) in [5.74, 6) is -0.218. The first-order chi connectivity index (χ1) is 11.3. The molecule has 0 aliphatic carbocycles. The van der Waals surface area contributed by atoms with Crippen LogP contribution in [0, 0.1) is 10.1 Å². The number of amides is 1. The monoisotopic (exact) mass is 355 g/mol. The molecule has 0 saturated carbocycles. The van der Waals surface area contributed by atoms with Gasteiger partial charge < -0.3 is 4.90 Å². The number of nitrogens with one attached hydrogen (secondary N) is 1. The second-order valence-corrected chi connectivity index (χ2v) is 7.75. The number of para-hydroxylation sites is 1. The van der Waals surface area contributed by atoms with E-state index in [1.807, 2.05) is 0 Å². The van der Waals surface area contributed by atoms with Crippen molar-refractivity contribution in [1.82, 2.24) is 9.62 Å². The summed E-state index contributed by atoms with van der Waals surface area (Å²) in [4.78, 5) is 24.8. The minimum absolute atomic E-state index is 0.0630. The third-order valence-electron chi connectivity index (χ3n) is 4.06.